The van der Waals surface area contributed by atoms with Crippen molar-refractivity contribution in [2.75, 3.05) is 31.1 Å². The second kappa shape index (κ2) is 5.64. The van der Waals surface area contributed by atoms with Crippen molar-refractivity contribution in [3.05, 3.63) is 18.2 Å². The van der Waals surface area contributed by atoms with E-state index in [2.05, 4.69) is 14.9 Å². The summed E-state index contributed by atoms with van der Waals surface area (Å²) >= 11 is 0. The predicted octanol–water partition coefficient (Wildman–Crippen LogP) is 1.84. The molecule has 2 heterocycles. The lowest BCUT2D eigenvalue weighted by Gasteiger charge is -2.36. The molecule has 1 aliphatic heterocycles. The van der Waals surface area contributed by atoms with Gasteiger partial charge in [-0.05, 0) is 27.7 Å². The first-order valence-corrected chi connectivity index (χ1v) is 6.87. The first-order chi connectivity index (χ1) is 9.35. The average Bonchev–Trinajstić information content (AvgIpc) is 2.38. The van der Waals surface area contributed by atoms with Gasteiger partial charge < -0.3 is 14.5 Å². The average molecular weight is 278 g/mol. The van der Waals surface area contributed by atoms with E-state index in [0.29, 0.717) is 13.1 Å². The quantitative estimate of drug-likeness (QED) is 0.784. The highest BCUT2D eigenvalue weighted by molar-refractivity contribution is 5.68. The zero-order valence-corrected chi connectivity index (χ0v) is 12.6. The van der Waals surface area contributed by atoms with E-state index in [4.69, 9.17) is 4.74 Å². The van der Waals surface area contributed by atoms with Crippen molar-refractivity contribution in [2.24, 2.45) is 0 Å². The third kappa shape index (κ3) is 3.82. The zero-order valence-electron chi connectivity index (χ0n) is 12.6. The molecule has 6 heteroatoms. The summed E-state index contributed by atoms with van der Waals surface area (Å²) in [6.07, 6.45) is 3.41. The van der Waals surface area contributed by atoms with E-state index in [-0.39, 0.29) is 6.09 Å². The number of rotatable bonds is 1. The first kappa shape index (κ1) is 14.6. The molecule has 0 aliphatic carbocycles. The number of piperazine rings is 1. The van der Waals surface area contributed by atoms with Crippen LogP contribution < -0.4 is 4.90 Å². The van der Waals surface area contributed by atoms with Gasteiger partial charge in [0, 0.05) is 26.2 Å². The Morgan fingerprint density at radius 1 is 1.15 bits per heavy atom. The highest BCUT2D eigenvalue weighted by Gasteiger charge is 2.25. The number of carbonyl (C=O) groups is 1. The van der Waals surface area contributed by atoms with Crippen molar-refractivity contribution in [2.45, 2.75) is 33.3 Å². The maximum atomic E-state index is 12.0. The Morgan fingerprint density at radius 3 is 2.20 bits per heavy atom. The summed E-state index contributed by atoms with van der Waals surface area (Å²) in [6.45, 7) is 10.4. The highest BCUT2D eigenvalue weighted by atomic mass is 16.6. The number of amides is 1. The summed E-state index contributed by atoms with van der Waals surface area (Å²) in [4.78, 5) is 24.3. The van der Waals surface area contributed by atoms with E-state index in [1.807, 2.05) is 40.1 Å². The lowest BCUT2D eigenvalue weighted by Crippen LogP contribution is -2.50. The molecule has 0 N–H and O–H groups in total. The molecule has 1 aromatic rings. The summed E-state index contributed by atoms with van der Waals surface area (Å²) < 4.78 is 5.38. The van der Waals surface area contributed by atoms with Crippen molar-refractivity contribution >= 4 is 11.8 Å². The van der Waals surface area contributed by atoms with Gasteiger partial charge in [0.25, 0.3) is 0 Å². The van der Waals surface area contributed by atoms with E-state index in [0.717, 1.165) is 24.6 Å². The SMILES string of the molecule is Cc1ncc(N2CCN(C(=O)OC(C)(C)C)CC2)cn1. The van der Waals surface area contributed by atoms with E-state index < -0.39 is 5.60 Å². The minimum Gasteiger partial charge on any atom is -0.444 e. The van der Waals surface area contributed by atoms with Crippen LogP contribution in [-0.2, 0) is 4.74 Å². The number of anilines is 1. The van der Waals surface area contributed by atoms with Gasteiger partial charge in [0.05, 0.1) is 18.1 Å². The molecule has 0 saturated carbocycles. The molecule has 1 saturated heterocycles. The fourth-order valence-corrected chi connectivity index (χ4v) is 2.02. The topological polar surface area (TPSA) is 58.6 Å². The lowest BCUT2D eigenvalue weighted by molar-refractivity contribution is 0.0240. The van der Waals surface area contributed by atoms with Crippen LogP contribution in [0.5, 0.6) is 0 Å². The molecule has 0 unspecified atom stereocenters. The van der Waals surface area contributed by atoms with Crippen LogP contribution in [0.25, 0.3) is 0 Å². The highest BCUT2D eigenvalue weighted by Crippen LogP contribution is 2.16. The monoisotopic (exact) mass is 278 g/mol. The molecule has 0 spiro atoms. The molecule has 0 aromatic carbocycles. The fraction of sp³-hybridized carbons (Fsp3) is 0.643. The van der Waals surface area contributed by atoms with Crippen molar-refractivity contribution in [1.82, 2.24) is 14.9 Å². The molecule has 1 aromatic heterocycles. The molecule has 1 aliphatic rings. The molecule has 110 valence electrons. The maximum Gasteiger partial charge on any atom is 0.410 e. The minimum atomic E-state index is -0.445. The van der Waals surface area contributed by atoms with Crippen LogP contribution >= 0.6 is 0 Å². The summed E-state index contributed by atoms with van der Waals surface area (Å²) in [5, 5.41) is 0. The van der Waals surface area contributed by atoms with Gasteiger partial charge in [-0.15, -0.1) is 0 Å². The fourth-order valence-electron chi connectivity index (χ4n) is 2.02. The van der Waals surface area contributed by atoms with Gasteiger partial charge in [0.1, 0.15) is 11.4 Å². The van der Waals surface area contributed by atoms with Crippen LogP contribution in [-0.4, -0.2) is 52.7 Å². The zero-order chi connectivity index (χ0) is 14.8. The second-order valence-corrected chi connectivity index (χ2v) is 5.94. The number of ether oxygens (including phenoxy) is 1. The van der Waals surface area contributed by atoms with Crippen molar-refractivity contribution < 1.29 is 9.53 Å². The summed E-state index contributed by atoms with van der Waals surface area (Å²) in [5.41, 5.74) is 0.554. The molecule has 0 atom stereocenters. The van der Waals surface area contributed by atoms with Crippen LogP contribution in [0.1, 0.15) is 26.6 Å². The standard InChI is InChI=1S/C14H22N4O2/c1-11-15-9-12(10-16-11)17-5-7-18(8-6-17)13(19)20-14(2,3)4/h9-10H,5-8H2,1-4H3. The van der Waals surface area contributed by atoms with E-state index in [1.54, 1.807) is 4.90 Å². The van der Waals surface area contributed by atoms with Gasteiger partial charge in [-0.25, -0.2) is 14.8 Å². The Hall–Kier alpha value is -1.85. The third-order valence-electron chi connectivity index (χ3n) is 3.06. The Balaban J connectivity index is 1.89. The molecule has 1 amide bonds. The minimum absolute atomic E-state index is 0.239. The van der Waals surface area contributed by atoms with Gasteiger partial charge >= 0.3 is 6.09 Å². The Kier molecular flexibility index (Phi) is 4.11. The maximum absolute atomic E-state index is 12.0. The molecule has 1 fully saturated rings. The molecule has 6 nitrogen and oxygen atoms in total. The lowest BCUT2D eigenvalue weighted by atomic mass is 10.2. The van der Waals surface area contributed by atoms with Crippen LogP contribution in [0.3, 0.4) is 0 Å². The van der Waals surface area contributed by atoms with Crippen molar-refractivity contribution in [3.8, 4) is 0 Å². The van der Waals surface area contributed by atoms with Crippen molar-refractivity contribution in [1.29, 1.82) is 0 Å². The summed E-state index contributed by atoms with van der Waals surface area (Å²) in [7, 11) is 0. The molecule has 20 heavy (non-hydrogen) atoms. The molecule has 0 radical (unpaired) electrons. The Labute approximate surface area is 119 Å². The molecule has 0 bridgehead atoms. The van der Waals surface area contributed by atoms with Crippen LogP contribution in [0, 0.1) is 6.92 Å². The number of carbonyl (C=O) groups excluding carboxylic acids is 1. The second-order valence-electron chi connectivity index (χ2n) is 5.94. The van der Waals surface area contributed by atoms with Gasteiger partial charge in [-0.1, -0.05) is 0 Å². The number of hydrogen-bond acceptors (Lipinski definition) is 5. The summed E-state index contributed by atoms with van der Waals surface area (Å²) in [5.74, 6) is 0.765. The van der Waals surface area contributed by atoms with E-state index >= 15 is 0 Å². The van der Waals surface area contributed by atoms with Crippen LogP contribution in [0.4, 0.5) is 10.5 Å². The van der Waals surface area contributed by atoms with E-state index in [1.165, 1.54) is 0 Å². The molecular formula is C14H22N4O2. The Morgan fingerprint density at radius 2 is 1.70 bits per heavy atom. The normalized spacial score (nSPS) is 16.2. The number of aryl methyl sites for hydroxylation is 1. The van der Waals surface area contributed by atoms with Gasteiger partial charge in [-0.3, -0.25) is 0 Å². The van der Waals surface area contributed by atoms with Gasteiger partial charge in [-0.2, -0.15) is 0 Å². The largest absolute Gasteiger partial charge is 0.444 e. The van der Waals surface area contributed by atoms with Gasteiger partial charge in [0.2, 0.25) is 0 Å². The number of nitrogens with zero attached hydrogens (tertiary/aromatic N) is 4. The first-order valence-electron chi connectivity index (χ1n) is 6.87. The van der Waals surface area contributed by atoms with Crippen LogP contribution in [0.2, 0.25) is 0 Å². The number of hydrogen-bond donors (Lipinski definition) is 0. The summed E-state index contributed by atoms with van der Waals surface area (Å²) in [6, 6.07) is 0. The van der Waals surface area contributed by atoms with Crippen molar-refractivity contribution in [3.63, 3.8) is 0 Å². The molecule has 2 rings (SSSR count). The van der Waals surface area contributed by atoms with E-state index in [9.17, 15) is 4.79 Å². The molecular weight excluding hydrogens is 256 g/mol. The third-order valence-corrected chi connectivity index (χ3v) is 3.06. The Bertz CT molecular complexity index is 459. The van der Waals surface area contributed by atoms with Gasteiger partial charge in [0.15, 0.2) is 0 Å². The predicted molar refractivity (Wildman–Crippen MR) is 76.8 cm³/mol. The number of aromatic nitrogens is 2. The van der Waals surface area contributed by atoms with Crippen LogP contribution in [0.15, 0.2) is 12.4 Å². The smallest absolute Gasteiger partial charge is 0.410 e.